The number of amidine groups is 1. The summed E-state index contributed by atoms with van der Waals surface area (Å²) >= 11 is 2.20. The predicted octanol–water partition coefficient (Wildman–Crippen LogP) is 1.35. The molecule has 0 aromatic heterocycles. The van der Waals surface area contributed by atoms with Crippen LogP contribution in [0.15, 0.2) is 22.3 Å². The maximum absolute atomic E-state index is 5.01. The second-order valence-electron chi connectivity index (χ2n) is 2.09. The Kier molecular flexibility index (Phi) is 1.48. The van der Waals surface area contributed by atoms with Gasteiger partial charge in [0.15, 0.2) is 9.95 Å². The van der Waals surface area contributed by atoms with Crippen LogP contribution < -0.4 is 0 Å². The van der Waals surface area contributed by atoms with Crippen LogP contribution in [0.25, 0.3) is 0 Å². The van der Waals surface area contributed by atoms with Crippen LogP contribution in [0.5, 0.6) is 0 Å². The molecule has 0 fully saturated rings. The number of nitrogens with zero attached hydrogens (tertiary/aromatic N) is 2. The summed E-state index contributed by atoms with van der Waals surface area (Å²) in [5.74, 6) is 1.06. The van der Waals surface area contributed by atoms with E-state index in [1.54, 1.807) is 6.21 Å². The zero-order valence-electron chi connectivity index (χ0n) is 5.07. The molecule has 0 amide bonds. The molecule has 0 bridgehead atoms. The molecule has 4 heteroatoms. The quantitative estimate of drug-likeness (QED) is 0.470. The molecule has 0 aromatic carbocycles. The summed E-state index contributed by atoms with van der Waals surface area (Å²) in [6.45, 7) is 0. The lowest BCUT2D eigenvalue weighted by molar-refractivity contribution is 0.148. The number of allylic oxidation sites excluding steroid dienone is 1. The van der Waals surface area contributed by atoms with E-state index in [1.165, 1.54) is 0 Å². The Morgan fingerprint density at radius 2 is 2.50 bits per heavy atom. The van der Waals surface area contributed by atoms with Gasteiger partial charge in [0, 0.05) is 6.21 Å². The summed E-state index contributed by atoms with van der Waals surface area (Å²) in [6.07, 6.45) is 5.70. The van der Waals surface area contributed by atoms with Crippen molar-refractivity contribution in [1.29, 1.82) is 0 Å². The van der Waals surface area contributed by atoms with Crippen molar-refractivity contribution in [3.8, 4) is 0 Å². The third kappa shape index (κ3) is 0.865. The van der Waals surface area contributed by atoms with Gasteiger partial charge in [-0.25, -0.2) is 4.99 Å². The van der Waals surface area contributed by atoms with Crippen LogP contribution in [-0.4, -0.2) is 16.2 Å². The van der Waals surface area contributed by atoms with Crippen LogP contribution >= 0.6 is 22.6 Å². The summed E-state index contributed by atoms with van der Waals surface area (Å²) in [7, 11) is 0. The Morgan fingerprint density at radius 3 is 3.30 bits per heavy atom. The van der Waals surface area contributed by atoms with Gasteiger partial charge in [0.1, 0.15) is 0 Å². The van der Waals surface area contributed by atoms with Gasteiger partial charge in [-0.05, 0) is 28.7 Å². The van der Waals surface area contributed by atoms with E-state index in [4.69, 9.17) is 4.84 Å². The Morgan fingerprint density at radius 1 is 1.60 bits per heavy atom. The monoisotopic (exact) mass is 248 g/mol. The highest BCUT2D eigenvalue weighted by Crippen LogP contribution is 2.26. The number of dihydropyridines is 1. The normalized spacial score (nSPS) is 35.1. The van der Waals surface area contributed by atoms with Crippen LogP contribution in [0.1, 0.15) is 0 Å². The standard InChI is InChI=1S/C6H5IN2O/c7-5-4-2-1-3-8-6(4)9-10-5/h1-5H. The van der Waals surface area contributed by atoms with Gasteiger partial charge in [-0.2, -0.15) is 0 Å². The van der Waals surface area contributed by atoms with E-state index in [1.807, 2.05) is 6.08 Å². The van der Waals surface area contributed by atoms with Gasteiger partial charge in [0.05, 0.1) is 5.92 Å². The number of rotatable bonds is 0. The Hall–Kier alpha value is -0.390. The number of alkyl halides is 1. The molecule has 0 saturated carbocycles. The first-order chi connectivity index (χ1) is 4.88. The number of aliphatic imine (C=N–C) groups is 1. The summed E-state index contributed by atoms with van der Waals surface area (Å²) < 4.78 is 0.126. The molecule has 2 heterocycles. The molecule has 0 spiro atoms. The molecule has 0 saturated heterocycles. The lowest BCUT2D eigenvalue weighted by Gasteiger charge is -2.07. The maximum atomic E-state index is 5.01. The fourth-order valence-electron chi connectivity index (χ4n) is 0.920. The lowest BCUT2D eigenvalue weighted by Crippen LogP contribution is -2.16. The van der Waals surface area contributed by atoms with Crippen LogP contribution in [0, 0.1) is 5.92 Å². The molecular weight excluding hydrogens is 243 g/mol. The van der Waals surface area contributed by atoms with Crippen LogP contribution in [-0.2, 0) is 4.84 Å². The van der Waals surface area contributed by atoms with Gasteiger partial charge in [-0.15, -0.1) is 0 Å². The van der Waals surface area contributed by atoms with Crippen molar-refractivity contribution < 1.29 is 4.84 Å². The molecule has 2 atom stereocenters. The third-order valence-corrected chi connectivity index (χ3v) is 2.44. The predicted molar refractivity (Wildman–Crippen MR) is 47.5 cm³/mol. The highest BCUT2D eigenvalue weighted by atomic mass is 127. The molecule has 0 aromatic rings. The van der Waals surface area contributed by atoms with Gasteiger partial charge < -0.3 is 4.84 Å². The molecule has 2 aliphatic rings. The second-order valence-corrected chi connectivity index (χ2v) is 3.32. The molecular formula is C6H5IN2O. The van der Waals surface area contributed by atoms with E-state index in [0.29, 0.717) is 0 Å². The minimum atomic E-state index is 0.126. The lowest BCUT2D eigenvalue weighted by atomic mass is 10.1. The van der Waals surface area contributed by atoms with Gasteiger partial charge in [0.2, 0.25) is 0 Å². The first kappa shape index (κ1) is 6.33. The summed E-state index contributed by atoms with van der Waals surface area (Å²) in [6, 6.07) is 0. The number of oxime groups is 1. The van der Waals surface area contributed by atoms with Crippen molar-refractivity contribution in [1.82, 2.24) is 0 Å². The van der Waals surface area contributed by atoms with Gasteiger partial charge >= 0.3 is 0 Å². The molecule has 10 heavy (non-hydrogen) atoms. The fourth-order valence-corrected chi connectivity index (χ4v) is 1.59. The highest BCUT2D eigenvalue weighted by Gasteiger charge is 2.30. The van der Waals surface area contributed by atoms with E-state index in [-0.39, 0.29) is 10.0 Å². The van der Waals surface area contributed by atoms with Crippen LogP contribution in [0.2, 0.25) is 0 Å². The van der Waals surface area contributed by atoms with Gasteiger partial charge in [-0.3, -0.25) is 0 Å². The third-order valence-electron chi connectivity index (χ3n) is 1.44. The van der Waals surface area contributed by atoms with Crippen molar-refractivity contribution in [3.05, 3.63) is 12.2 Å². The summed E-state index contributed by atoms with van der Waals surface area (Å²) in [5, 5.41) is 3.80. The van der Waals surface area contributed by atoms with Crippen molar-refractivity contribution >= 4 is 34.6 Å². The van der Waals surface area contributed by atoms with E-state index in [2.05, 4.69) is 38.8 Å². The average Bonchev–Trinajstić information content (AvgIpc) is 2.34. The molecule has 0 aliphatic carbocycles. The van der Waals surface area contributed by atoms with E-state index < -0.39 is 0 Å². The average molecular weight is 248 g/mol. The zero-order chi connectivity index (χ0) is 6.97. The molecule has 2 rings (SSSR count). The Balaban J connectivity index is 2.30. The summed E-state index contributed by atoms with van der Waals surface area (Å²) in [4.78, 5) is 9.06. The minimum Gasteiger partial charge on any atom is -0.379 e. The Labute approximate surface area is 72.0 Å². The molecule has 2 aliphatic heterocycles. The van der Waals surface area contributed by atoms with E-state index >= 15 is 0 Å². The van der Waals surface area contributed by atoms with Crippen LogP contribution in [0.3, 0.4) is 0 Å². The second kappa shape index (κ2) is 2.34. The first-order valence-electron chi connectivity index (χ1n) is 2.96. The highest BCUT2D eigenvalue weighted by molar-refractivity contribution is 14.1. The van der Waals surface area contributed by atoms with Crippen molar-refractivity contribution in [2.45, 2.75) is 4.11 Å². The van der Waals surface area contributed by atoms with E-state index in [9.17, 15) is 0 Å². The number of halogens is 1. The topological polar surface area (TPSA) is 34.0 Å². The number of fused-ring (bicyclic) bond motifs is 1. The molecule has 3 nitrogen and oxygen atoms in total. The maximum Gasteiger partial charge on any atom is 0.191 e. The Bertz CT molecular complexity index is 234. The van der Waals surface area contributed by atoms with Gasteiger partial charge in [0.25, 0.3) is 0 Å². The van der Waals surface area contributed by atoms with Crippen LogP contribution in [0.4, 0.5) is 0 Å². The molecule has 52 valence electrons. The molecule has 2 unspecified atom stereocenters. The smallest absolute Gasteiger partial charge is 0.191 e. The van der Waals surface area contributed by atoms with Gasteiger partial charge in [-0.1, -0.05) is 11.2 Å². The van der Waals surface area contributed by atoms with Crippen molar-refractivity contribution in [3.63, 3.8) is 0 Å². The fraction of sp³-hybridized carbons (Fsp3) is 0.333. The van der Waals surface area contributed by atoms with Crippen molar-refractivity contribution in [2.24, 2.45) is 16.1 Å². The van der Waals surface area contributed by atoms with Crippen molar-refractivity contribution in [2.75, 3.05) is 0 Å². The molecule has 0 N–H and O–H groups in total. The first-order valence-corrected chi connectivity index (χ1v) is 4.21. The number of hydrogen-bond acceptors (Lipinski definition) is 3. The minimum absolute atomic E-state index is 0.126. The zero-order valence-corrected chi connectivity index (χ0v) is 7.22. The molecule has 0 radical (unpaired) electrons. The SMILES string of the molecule is IC1ON=C2N=CC=CC21. The van der Waals surface area contributed by atoms with E-state index in [0.717, 1.165) is 5.84 Å². The number of hydrogen-bond donors (Lipinski definition) is 0. The largest absolute Gasteiger partial charge is 0.379 e. The summed E-state index contributed by atoms with van der Waals surface area (Å²) in [5.41, 5.74) is 0.